The Bertz CT molecular complexity index is 780. The van der Waals surface area contributed by atoms with Crippen LogP contribution in [0, 0.1) is 11.6 Å². The van der Waals surface area contributed by atoms with Crippen molar-refractivity contribution in [3.8, 4) is 0 Å². The first kappa shape index (κ1) is 15.0. The van der Waals surface area contributed by atoms with E-state index >= 15 is 0 Å². The van der Waals surface area contributed by atoms with Crippen LogP contribution in [-0.4, -0.2) is 16.2 Å². The van der Waals surface area contributed by atoms with Gasteiger partial charge in [-0.25, -0.2) is 8.78 Å². The van der Waals surface area contributed by atoms with Gasteiger partial charge in [0.25, 0.3) is 0 Å². The average Bonchev–Trinajstić information content (AvgIpc) is 2.47. The lowest BCUT2D eigenvalue weighted by molar-refractivity contribution is 0.601. The first-order chi connectivity index (χ1) is 10.4. The van der Waals surface area contributed by atoms with Crippen LogP contribution in [0.5, 0.6) is 0 Å². The highest BCUT2D eigenvalue weighted by Crippen LogP contribution is 2.23. The van der Waals surface area contributed by atoms with Gasteiger partial charge >= 0.3 is 0 Å². The molecule has 4 nitrogen and oxygen atoms in total. The van der Waals surface area contributed by atoms with Gasteiger partial charge in [-0.1, -0.05) is 0 Å². The van der Waals surface area contributed by atoms with Gasteiger partial charge in [-0.3, -0.25) is 0 Å². The highest BCUT2D eigenvalue weighted by Gasteiger charge is 2.22. The van der Waals surface area contributed by atoms with Gasteiger partial charge in [0.15, 0.2) is 20.2 Å². The molecule has 1 unspecified atom stereocenters. The Balaban J connectivity index is 2.08. The molecule has 0 bridgehead atoms. The minimum absolute atomic E-state index is 0.0781. The molecule has 0 aromatic heterocycles. The van der Waals surface area contributed by atoms with E-state index in [4.69, 9.17) is 10.7 Å². The summed E-state index contributed by atoms with van der Waals surface area (Å²) in [7, 11) is 2.39. The minimum Gasteiger partial charge on any atom is -0.591 e. The maximum absolute atomic E-state index is 13.0. The third-order valence-corrected chi connectivity index (χ3v) is 4.03. The zero-order chi connectivity index (χ0) is 15.7. The number of aliphatic imine (C=N–C) groups is 1. The van der Waals surface area contributed by atoms with E-state index in [1.807, 2.05) is 0 Å². The molecule has 0 saturated heterocycles. The van der Waals surface area contributed by atoms with Crippen molar-refractivity contribution in [1.29, 1.82) is 0 Å². The van der Waals surface area contributed by atoms with Crippen LogP contribution in [0.25, 0.3) is 0 Å². The molecule has 0 aliphatic carbocycles. The van der Waals surface area contributed by atoms with Gasteiger partial charge in [0.1, 0.15) is 11.6 Å². The summed E-state index contributed by atoms with van der Waals surface area (Å²) in [6, 6.07) is 10.7. The van der Waals surface area contributed by atoms with Crippen molar-refractivity contribution in [1.82, 2.24) is 0 Å². The number of benzene rings is 2. The van der Waals surface area contributed by atoms with Gasteiger partial charge < -0.3 is 4.55 Å². The van der Waals surface area contributed by atoms with Gasteiger partial charge in [0.05, 0.1) is 0 Å². The third kappa shape index (κ3) is 3.27. The molecule has 1 aliphatic rings. The second-order valence-corrected chi connectivity index (χ2v) is 6.82. The van der Waals surface area contributed by atoms with E-state index in [1.54, 1.807) is 0 Å². The summed E-state index contributed by atoms with van der Waals surface area (Å²) in [6.07, 6.45) is 0. The molecule has 0 radical (unpaired) electrons. The lowest BCUT2D eigenvalue weighted by Gasteiger charge is -2.13. The highest BCUT2D eigenvalue weighted by atomic mass is 35.7. The summed E-state index contributed by atoms with van der Waals surface area (Å²) in [5.74, 6) is -0.679. The Hall–Kier alpha value is -1.96. The highest BCUT2D eigenvalue weighted by molar-refractivity contribution is 8.20. The summed E-state index contributed by atoms with van der Waals surface area (Å²) >= 11 is 0. The summed E-state index contributed by atoms with van der Waals surface area (Å²) in [5, 5.41) is 0. The van der Waals surface area contributed by atoms with Gasteiger partial charge in [-0.15, -0.1) is 0 Å². The number of halogens is 3. The maximum Gasteiger partial charge on any atom is 0.212 e. The minimum atomic E-state index is -3.38. The fourth-order valence-electron chi connectivity index (χ4n) is 1.81. The molecular weight excluding hydrogens is 332 g/mol. The van der Waals surface area contributed by atoms with Crippen LogP contribution in [0.4, 0.5) is 8.78 Å². The number of amidine groups is 2. The van der Waals surface area contributed by atoms with Crippen LogP contribution in [0.1, 0.15) is 11.1 Å². The first-order valence-electron chi connectivity index (χ1n) is 6.10. The molecular formula is C14H8ClF2N3OS. The molecule has 1 heterocycles. The Morgan fingerprint density at radius 2 is 1.27 bits per heavy atom. The predicted octanol–water partition coefficient (Wildman–Crippen LogP) is 3.71. The SMILES string of the molecule is [O-][S+]1(Cl)=NC(c2ccc(F)cc2)=NC(c2ccc(F)cc2)=N1. The number of hydrogen-bond donors (Lipinski definition) is 0. The van der Waals surface area contributed by atoms with E-state index in [1.165, 1.54) is 48.5 Å². The molecule has 0 N–H and O–H groups in total. The second kappa shape index (κ2) is 5.68. The Morgan fingerprint density at radius 3 is 1.77 bits per heavy atom. The van der Waals surface area contributed by atoms with Gasteiger partial charge in [0.2, 0.25) is 11.7 Å². The van der Waals surface area contributed by atoms with Crippen molar-refractivity contribution in [3.05, 3.63) is 71.3 Å². The van der Waals surface area contributed by atoms with Crippen LogP contribution in [-0.2, 0) is 9.50 Å². The molecule has 0 fully saturated rings. The van der Waals surface area contributed by atoms with Crippen molar-refractivity contribution >= 4 is 31.9 Å². The Kier molecular flexibility index (Phi) is 3.86. The van der Waals surface area contributed by atoms with E-state index in [-0.39, 0.29) is 11.7 Å². The summed E-state index contributed by atoms with van der Waals surface area (Å²) in [4.78, 5) is 4.17. The number of nitrogens with zero attached hydrogens (tertiary/aromatic N) is 3. The molecule has 22 heavy (non-hydrogen) atoms. The van der Waals surface area contributed by atoms with E-state index in [0.717, 1.165) is 0 Å². The van der Waals surface area contributed by atoms with Crippen LogP contribution in [0.3, 0.4) is 0 Å². The first-order valence-corrected chi connectivity index (χ1v) is 8.40. The third-order valence-electron chi connectivity index (χ3n) is 2.81. The largest absolute Gasteiger partial charge is 0.591 e. The van der Waals surface area contributed by atoms with Crippen molar-refractivity contribution < 1.29 is 13.3 Å². The smallest absolute Gasteiger partial charge is 0.212 e. The lowest BCUT2D eigenvalue weighted by Crippen LogP contribution is -2.15. The van der Waals surface area contributed by atoms with Crippen molar-refractivity contribution in [2.75, 3.05) is 0 Å². The zero-order valence-corrected chi connectivity index (χ0v) is 12.5. The van der Waals surface area contributed by atoms with Crippen molar-refractivity contribution in [2.24, 2.45) is 13.8 Å². The van der Waals surface area contributed by atoms with Crippen molar-refractivity contribution in [3.63, 3.8) is 0 Å². The Morgan fingerprint density at radius 1 is 0.818 bits per heavy atom. The molecule has 0 saturated carbocycles. The predicted molar refractivity (Wildman–Crippen MR) is 82.3 cm³/mol. The Labute approximate surface area is 130 Å². The van der Waals surface area contributed by atoms with E-state index < -0.39 is 21.1 Å². The average molecular weight is 340 g/mol. The fraction of sp³-hybridized carbons (Fsp3) is 0. The molecule has 0 spiro atoms. The normalized spacial score (nSPS) is 20.9. The molecule has 1 atom stereocenters. The molecule has 1 aliphatic heterocycles. The summed E-state index contributed by atoms with van der Waals surface area (Å²) in [6.45, 7) is 0. The molecule has 112 valence electrons. The van der Waals surface area contributed by atoms with Gasteiger partial charge in [0, 0.05) is 11.1 Å². The molecule has 3 rings (SSSR count). The topological polar surface area (TPSA) is 60.1 Å². The number of hydrogen-bond acceptors (Lipinski definition) is 4. The van der Waals surface area contributed by atoms with Crippen LogP contribution in [0.2, 0.25) is 0 Å². The number of rotatable bonds is 2. The summed E-state index contributed by atoms with van der Waals surface area (Å²) < 4.78 is 45.6. The molecule has 2 aromatic carbocycles. The molecule has 2 aromatic rings. The molecule has 8 heteroatoms. The quantitative estimate of drug-likeness (QED) is 0.769. The van der Waals surface area contributed by atoms with Gasteiger partial charge in [-0.05, 0) is 57.3 Å². The van der Waals surface area contributed by atoms with E-state index in [0.29, 0.717) is 11.1 Å². The van der Waals surface area contributed by atoms with E-state index in [2.05, 4.69) is 13.8 Å². The van der Waals surface area contributed by atoms with Crippen LogP contribution >= 0.6 is 10.7 Å². The standard InChI is InChI=1S/C14H8ClF2N3OS/c15-22(21)19-13(9-1-5-11(16)6-2-9)18-14(20-22)10-3-7-12(17)8-4-10/h1-8H. The van der Waals surface area contributed by atoms with Crippen LogP contribution < -0.4 is 0 Å². The van der Waals surface area contributed by atoms with Crippen LogP contribution in [0.15, 0.2) is 62.3 Å². The summed E-state index contributed by atoms with van der Waals surface area (Å²) in [5.41, 5.74) is 0.897. The molecule has 0 amide bonds. The maximum atomic E-state index is 13.0. The zero-order valence-electron chi connectivity index (χ0n) is 10.9. The fourth-order valence-corrected chi connectivity index (χ4v) is 2.96. The lowest BCUT2D eigenvalue weighted by atomic mass is 10.2. The monoisotopic (exact) mass is 339 g/mol. The second-order valence-electron chi connectivity index (χ2n) is 4.39. The van der Waals surface area contributed by atoms with Crippen molar-refractivity contribution in [2.45, 2.75) is 0 Å². The van der Waals surface area contributed by atoms with Gasteiger partial charge in [-0.2, -0.15) is 4.99 Å². The van der Waals surface area contributed by atoms with E-state index in [9.17, 15) is 13.3 Å².